The van der Waals surface area contributed by atoms with Gasteiger partial charge >= 0.3 is 0 Å². The molecule has 0 aromatic heterocycles. The molecule has 0 amide bonds. The van der Waals surface area contributed by atoms with Gasteiger partial charge in [-0.25, -0.2) is 0 Å². The first-order chi connectivity index (χ1) is 8.79. The van der Waals surface area contributed by atoms with Crippen LogP contribution < -0.4 is 10.1 Å². The quantitative estimate of drug-likeness (QED) is 0.830. The van der Waals surface area contributed by atoms with Crippen molar-refractivity contribution in [1.82, 2.24) is 10.2 Å². The van der Waals surface area contributed by atoms with Crippen LogP contribution in [0.25, 0.3) is 0 Å². The number of para-hydroxylation sites is 1. The highest BCUT2D eigenvalue weighted by molar-refractivity contribution is 5.33. The molecule has 1 unspecified atom stereocenters. The fourth-order valence-electron chi connectivity index (χ4n) is 2.62. The summed E-state index contributed by atoms with van der Waals surface area (Å²) < 4.78 is 5.38. The van der Waals surface area contributed by atoms with Gasteiger partial charge in [-0.15, -0.1) is 0 Å². The normalized spacial score (nSPS) is 19.4. The molecule has 1 fully saturated rings. The second-order valence-electron chi connectivity index (χ2n) is 5.18. The molecule has 1 aromatic carbocycles. The monoisotopic (exact) mass is 248 g/mol. The Kier molecular flexibility index (Phi) is 5.02. The zero-order valence-corrected chi connectivity index (χ0v) is 11.5. The zero-order valence-electron chi connectivity index (χ0n) is 11.5. The highest BCUT2D eigenvalue weighted by atomic mass is 16.5. The first kappa shape index (κ1) is 13.4. The summed E-state index contributed by atoms with van der Waals surface area (Å²) in [6.45, 7) is 4.66. The molecule has 2 rings (SSSR count). The van der Waals surface area contributed by atoms with E-state index in [0.717, 1.165) is 24.6 Å². The van der Waals surface area contributed by atoms with Crippen LogP contribution >= 0.6 is 0 Å². The molecule has 1 atom stereocenters. The van der Waals surface area contributed by atoms with Crippen LogP contribution in [0.1, 0.15) is 12.0 Å². The van der Waals surface area contributed by atoms with Gasteiger partial charge in [0, 0.05) is 13.1 Å². The number of rotatable bonds is 6. The maximum Gasteiger partial charge on any atom is 0.122 e. The Morgan fingerprint density at radius 1 is 1.39 bits per heavy atom. The summed E-state index contributed by atoms with van der Waals surface area (Å²) in [5, 5.41) is 3.42. The van der Waals surface area contributed by atoms with Gasteiger partial charge in [-0.05, 0) is 50.5 Å². The molecule has 18 heavy (non-hydrogen) atoms. The van der Waals surface area contributed by atoms with E-state index >= 15 is 0 Å². The minimum Gasteiger partial charge on any atom is -0.496 e. The molecule has 1 aromatic rings. The van der Waals surface area contributed by atoms with Gasteiger partial charge in [-0.2, -0.15) is 0 Å². The molecular formula is C15H24N2O. The average molecular weight is 248 g/mol. The summed E-state index contributed by atoms with van der Waals surface area (Å²) in [6, 6.07) is 8.30. The van der Waals surface area contributed by atoms with E-state index < -0.39 is 0 Å². The van der Waals surface area contributed by atoms with E-state index in [2.05, 4.69) is 29.4 Å². The third-order valence-corrected chi connectivity index (χ3v) is 3.69. The van der Waals surface area contributed by atoms with Crippen LogP contribution in [0, 0.1) is 5.92 Å². The number of ether oxygens (including phenoxy) is 1. The van der Waals surface area contributed by atoms with Crippen LogP contribution in [0.4, 0.5) is 0 Å². The lowest BCUT2D eigenvalue weighted by atomic mass is 10.1. The SMILES string of the molecule is COc1ccccc1CCN(C)CC1CCNC1. The van der Waals surface area contributed by atoms with Crippen molar-refractivity contribution in [1.29, 1.82) is 0 Å². The van der Waals surface area contributed by atoms with Gasteiger partial charge in [-0.1, -0.05) is 18.2 Å². The molecule has 1 heterocycles. The molecule has 0 bridgehead atoms. The molecule has 3 heteroatoms. The van der Waals surface area contributed by atoms with Crippen LogP contribution in [0.2, 0.25) is 0 Å². The van der Waals surface area contributed by atoms with Gasteiger partial charge < -0.3 is 15.0 Å². The van der Waals surface area contributed by atoms with Gasteiger partial charge in [0.15, 0.2) is 0 Å². The van der Waals surface area contributed by atoms with Crippen molar-refractivity contribution in [2.45, 2.75) is 12.8 Å². The van der Waals surface area contributed by atoms with E-state index in [1.54, 1.807) is 7.11 Å². The van der Waals surface area contributed by atoms with Crippen LogP contribution in [0.5, 0.6) is 5.75 Å². The summed E-state index contributed by atoms with van der Waals surface area (Å²) in [5.74, 6) is 1.83. The Hall–Kier alpha value is -1.06. The highest BCUT2D eigenvalue weighted by Gasteiger charge is 2.16. The van der Waals surface area contributed by atoms with Gasteiger partial charge in [0.05, 0.1) is 7.11 Å². The standard InChI is InChI=1S/C15H24N2O/c1-17(12-13-7-9-16-11-13)10-8-14-5-3-4-6-15(14)18-2/h3-6,13,16H,7-12H2,1-2H3. The largest absolute Gasteiger partial charge is 0.496 e. The van der Waals surface area contributed by atoms with Crippen molar-refractivity contribution in [3.63, 3.8) is 0 Å². The number of hydrogen-bond donors (Lipinski definition) is 1. The Balaban J connectivity index is 1.79. The number of nitrogens with one attached hydrogen (secondary N) is 1. The fourth-order valence-corrected chi connectivity index (χ4v) is 2.62. The lowest BCUT2D eigenvalue weighted by molar-refractivity contribution is 0.287. The summed E-state index contributed by atoms with van der Waals surface area (Å²) >= 11 is 0. The molecule has 1 N–H and O–H groups in total. The van der Waals surface area contributed by atoms with E-state index in [-0.39, 0.29) is 0 Å². The van der Waals surface area contributed by atoms with E-state index in [1.165, 1.54) is 31.6 Å². The number of methoxy groups -OCH3 is 1. The third kappa shape index (κ3) is 3.72. The Labute approximate surface area is 110 Å². The molecule has 0 aliphatic carbocycles. The fraction of sp³-hybridized carbons (Fsp3) is 0.600. The first-order valence-electron chi connectivity index (χ1n) is 6.80. The minimum absolute atomic E-state index is 0.827. The van der Waals surface area contributed by atoms with Gasteiger partial charge in [-0.3, -0.25) is 0 Å². The number of nitrogens with zero attached hydrogens (tertiary/aromatic N) is 1. The predicted molar refractivity (Wildman–Crippen MR) is 75.2 cm³/mol. The second kappa shape index (κ2) is 6.76. The Morgan fingerprint density at radius 3 is 2.94 bits per heavy atom. The maximum atomic E-state index is 5.38. The summed E-state index contributed by atoms with van der Waals surface area (Å²) in [7, 11) is 3.96. The summed E-state index contributed by atoms with van der Waals surface area (Å²) in [6.07, 6.45) is 2.37. The molecule has 0 spiro atoms. The van der Waals surface area contributed by atoms with Gasteiger partial charge in [0.25, 0.3) is 0 Å². The number of benzene rings is 1. The molecule has 1 aliphatic heterocycles. The highest BCUT2D eigenvalue weighted by Crippen LogP contribution is 2.18. The van der Waals surface area contributed by atoms with Crippen LogP contribution in [0.15, 0.2) is 24.3 Å². The van der Waals surface area contributed by atoms with Crippen molar-refractivity contribution in [2.24, 2.45) is 5.92 Å². The number of hydrogen-bond acceptors (Lipinski definition) is 3. The summed E-state index contributed by atoms with van der Waals surface area (Å²) in [5.41, 5.74) is 1.30. The Morgan fingerprint density at radius 2 is 2.22 bits per heavy atom. The van der Waals surface area contributed by atoms with Crippen molar-refractivity contribution in [3.8, 4) is 5.75 Å². The van der Waals surface area contributed by atoms with Gasteiger partial charge in [0.2, 0.25) is 0 Å². The Bertz CT molecular complexity index is 361. The van der Waals surface area contributed by atoms with Crippen LogP contribution in [0.3, 0.4) is 0 Å². The first-order valence-corrected chi connectivity index (χ1v) is 6.80. The predicted octanol–water partition coefficient (Wildman–Crippen LogP) is 1.78. The van der Waals surface area contributed by atoms with Crippen LogP contribution in [-0.2, 0) is 6.42 Å². The molecule has 1 aliphatic rings. The lowest BCUT2D eigenvalue weighted by Crippen LogP contribution is -2.28. The van der Waals surface area contributed by atoms with E-state index in [4.69, 9.17) is 4.74 Å². The number of likely N-dealkylation sites (N-methyl/N-ethyl adjacent to an activating group) is 1. The molecule has 0 radical (unpaired) electrons. The van der Waals surface area contributed by atoms with E-state index in [1.807, 2.05) is 12.1 Å². The van der Waals surface area contributed by atoms with Crippen molar-refractivity contribution < 1.29 is 4.74 Å². The van der Waals surface area contributed by atoms with E-state index in [0.29, 0.717) is 0 Å². The van der Waals surface area contributed by atoms with Crippen molar-refractivity contribution in [3.05, 3.63) is 29.8 Å². The second-order valence-corrected chi connectivity index (χ2v) is 5.18. The van der Waals surface area contributed by atoms with E-state index in [9.17, 15) is 0 Å². The third-order valence-electron chi connectivity index (χ3n) is 3.69. The minimum atomic E-state index is 0.827. The van der Waals surface area contributed by atoms with Crippen molar-refractivity contribution in [2.75, 3.05) is 40.3 Å². The lowest BCUT2D eigenvalue weighted by Gasteiger charge is -2.20. The van der Waals surface area contributed by atoms with Crippen molar-refractivity contribution >= 4 is 0 Å². The molecule has 0 saturated carbocycles. The maximum absolute atomic E-state index is 5.38. The molecule has 1 saturated heterocycles. The molecule has 100 valence electrons. The van der Waals surface area contributed by atoms with Gasteiger partial charge in [0.1, 0.15) is 5.75 Å². The van der Waals surface area contributed by atoms with Crippen LogP contribution in [-0.4, -0.2) is 45.2 Å². The average Bonchev–Trinajstić information content (AvgIpc) is 2.89. The smallest absolute Gasteiger partial charge is 0.122 e. The molecule has 3 nitrogen and oxygen atoms in total. The topological polar surface area (TPSA) is 24.5 Å². The zero-order chi connectivity index (χ0) is 12.8. The summed E-state index contributed by atoms with van der Waals surface area (Å²) in [4.78, 5) is 2.43. The molecular weight excluding hydrogens is 224 g/mol.